The normalized spacial score (nSPS) is 18.7. The molecular weight excluding hydrogens is 608 g/mol. The second-order valence-corrected chi connectivity index (χ2v) is 12.7. The Morgan fingerprint density at radius 3 is 2.42 bits per heavy atom. The van der Waals surface area contributed by atoms with E-state index in [4.69, 9.17) is 28.9 Å². The first-order valence-corrected chi connectivity index (χ1v) is 17.0. The van der Waals surface area contributed by atoms with E-state index in [2.05, 4.69) is 33.0 Å². The summed E-state index contributed by atoms with van der Waals surface area (Å²) >= 11 is 0. The van der Waals surface area contributed by atoms with Crippen LogP contribution in [0.15, 0.2) is 60.8 Å². The van der Waals surface area contributed by atoms with Crippen LogP contribution in [-0.4, -0.2) is 111 Å². The fourth-order valence-electron chi connectivity index (χ4n) is 7.32. The highest BCUT2D eigenvalue weighted by Crippen LogP contribution is 2.41. The molecule has 0 saturated carbocycles. The third kappa shape index (κ3) is 7.07. The smallest absolute Gasteiger partial charge is 0.254 e. The number of nitrogens with one attached hydrogen (secondary N) is 1. The van der Waals surface area contributed by atoms with Crippen LogP contribution in [-0.2, 0) is 10.2 Å². The summed E-state index contributed by atoms with van der Waals surface area (Å²) in [5.41, 5.74) is 3.38. The lowest BCUT2D eigenvalue weighted by atomic mass is 9.79. The van der Waals surface area contributed by atoms with E-state index in [1.54, 1.807) is 33.5 Å². The number of carbonyl (C=O) groups is 1. The van der Waals surface area contributed by atoms with E-state index in [1.807, 2.05) is 42.3 Å². The van der Waals surface area contributed by atoms with Crippen molar-refractivity contribution < 1.29 is 23.7 Å². The number of aromatic nitrogens is 3. The Morgan fingerprint density at radius 2 is 1.75 bits per heavy atom. The van der Waals surface area contributed by atoms with E-state index in [1.165, 1.54) is 0 Å². The summed E-state index contributed by atoms with van der Waals surface area (Å²) in [4.78, 5) is 34.1. The van der Waals surface area contributed by atoms with Crippen LogP contribution in [0.25, 0.3) is 11.0 Å². The maximum Gasteiger partial charge on any atom is 0.254 e. The van der Waals surface area contributed by atoms with Gasteiger partial charge in [0.15, 0.2) is 11.5 Å². The average Bonchev–Trinajstić information content (AvgIpc) is 3.78. The molecule has 1 unspecified atom stereocenters. The van der Waals surface area contributed by atoms with Crippen molar-refractivity contribution in [2.45, 2.75) is 44.1 Å². The molecule has 0 spiro atoms. The number of amides is 1. The number of benzene rings is 2. The van der Waals surface area contributed by atoms with E-state index in [9.17, 15) is 4.79 Å². The predicted octanol–water partition coefficient (Wildman–Crippen LogP) is 5.17. The minimum atomic E-state index is -0.230. The van der Waals surface area contributed by atoms with Gasteiger partial charge in [-0.3, -0.25) is 9.78 Å². The molecule has 2 aliphatic heterocycles. The first-order valence-electron chi connectivity index (χ1n) is 17.0. The number of anilines is 1. The summed E-state index contributed by atoms with van der Waals surface area (Å²) < 4.78 is 22.3. The van der Waals surface area contributed by atoms with Crippen molar-refractivity contribution in [1.29, 1.82) is 0 Å². The van der Waals surface area contributed by atoms with Crippen molar-refractivity contribution in [3.8, 4) is 17.2 Å². The van der Waals surface area contributed by atoms with Crippen LogP contribution in [0.4, 0.5) is 5.95 Å². The summed E-state index contributed by atoms with van der Waals surface area (Å²) in [5, 5.41) is 0. The summed E-state index contributed by atoms with van der Waals surface area (Å²) in [6, 6.07) is 18.2. The molecule has 2 aromatic carbocycles. The first kappa shape index (κ1) is 33.5. The Bertz CT molecular complexity index is 1600. The number of H-pyrrole nitrogens is 1. The van der Waals surface area contributed by atoms with Gasteiger partial charge in [0.05, 0.1) is 39.0 Å². The first-order chi connectivity index (χ1) is 23.5. The lowest BCUT2D eigenvalue weighted by molar-refractivity contribution is 0.0778. The van der Waals surface area contributed by atoms with Gasteiger partial charge in [0, 0.05) is 68.2 Å². The number of ether oxygens (including phenoxy) is 4. The molecule has 0 radical (unpaired) electrons. The van der Waals surface area contributed by atoms with E-state index >= 15 is 0 Å². The van der Waals surface area contributed by atoms with Crippen LogP contribution in [0.2, 0.25) is 0 Å². The fourth-order valence-corrected chi connectivity index (χ4v) is 7.32. The van der Waals surface area contributed by atoms with Crippen molar-refractivity contribution in [2.75, 3.05) is 78.7 Å². The maximum atomic E-state index is 13.9. The second-order valence-electron chi connectivity index (χ2n) is 12.7. The molecule has 1 N–H and O–H groups in total. The number of piperidine rings is 1. The van der Waals surface area contributed by atoms with Crippen molar-refractivity contribution in [1.82, 2.24) is 24.8 Å². The quantitative estimate of drug-likeness (QED) is 0.184. The number of hydrogen-bond acceptors (Lipinski definition) is 9. The van der Waals surface area contributed by atoms with Crippen LogP contribution in [0.1, 0.15) is 48.7 Å². The monoisotopic (exact) mass is 656 g/mol. The van der Waals surface area contributed by atoms with Crippen LogP contribution in [0, 0.1) is 0 Å². The molecule has 256 valence electrons. The standard InChI is InChI=1S/C37H48N6O5/c1-5-48-23-22-43(36-39-29-10-6-7-11-30(29)40-36)28-13-18-41(19-14-28)20-15-37(33-12-8-9-17-38-33)16-21-42(26-37)35(44)27-24-31(45-2)34(47-4)32(25-27)46-3/h6-12,17,24-25,28H,5,13-16,18-23,26H2,1-4H3,(H,39,40). The van der Waals surface area contributed by atoms with Crippen molar-refractivity contribution in [3.63, 3.8) is 0 Å². The van der Waals surface area contributed by atoms with E-state index in [0.717, 1.165) is 74.5 Å². The van der Waals surface area contributed by atoms with Gasteiger partial charge >= 0.3 is 0 Å². The number of imidazole rings is 1. The highest BCUT2D eigenvalue weighted by Gasteiger charge is 2.43. The molecule has 0 bridgehead atoms. The summed E-state index contributed by atoms with van der Waals surface area (Å²) in [5.74, 6) is 2.28. The third-order valence-electron chi connectivity index (χ3n) is 9.99. The molecule has 11 nitrogen and oxygen atoms in total. The van der Waals surface area contributed by atoms with E-state index < -0.39 is 0 Å². The van der Waals surface area contributed by atoms with E-state index in [-0.39, 0.29) is 11.3 Å². The SMILES string of the molecule is CCOCCN(c1nc2ccccc2[nH]1)C1CCN(CCC2(c3ccccn3)CCN(C(=O)c3cc(OC)c(OC)c(OC)c3)C2)CC1. The van der Waals surface area contributed by atoms with Crippen molar-refractivity contribution in [2.24, 2.45) is 0 Å². The molecule has 48 heavy (non-hydrogen) atoms. The molecule has 4 aromatic rings. The van der Waals surface area contributed by atoms with Gasteiger partial charge in [-0.25, -0.2) is 4.98 Å². The number of fused-ring (bicyclic) bond motifs is 1. The molecule has 4 heterocycles. The molecule has 1 atom stereocenters. The van der Waals surface area contributed by atoms with Crippen LogP contribution >= 0.6 is 0 Å². The summed E-state index contributed by atoms with van der Waals surface area (Å²) in [6.07, 6.45) is 5.73. The zero-order valence-corrected chi connectivity index (χ0v) is 28.6. The number of carbonyl (C=O) groups excluding carboxylic acids is 1. The fraction of sp³-hybridized carbons (Fsp3) is 0.486. The predicted molar refractivity (Wildman–Crippen MR) is 187 cm³/mol. The Morgan fingerprint density at radius 1 is 1.00 bits per heavy atom. The van der Waals surface area contributed by atoms with Gasteiger partial charge in [-0.2, -0.15) is 0 Å². The Balaban J connectivity index is 1.13. The molecule has 1 amide bonds. The largest absolute Gasteiger partial charge is 0.493 e. The van der Waals surface area contributed by atoms with E-state index in [0.29, 0.717) is 55.2 Å². The molecule has 2 saturated heterocycles. The molecule has 2 aromatic heterocycles. The van der Waals surface area contributed by atoms with Gasteiger partial charge in [-0.15, -0.1) is 0 Å². The van der Waals surface area contributed by atoms with Crippen LogP contribution in [0.5, 0.6) is 17.2 Å². The number of pyridine rings is 1. The Hall–Kier alpha value is -4.35. The van der Waals surface area contributed by atoms with Crippen molar-refractivity contribution in [3.05, 3.63) is 72.1 Å². The minimum Gasteiger partial charge on any atom is -0.493 e. The highest BCUT2D eigenvalue weighted by atomic mass is 16.5. The van der Waals surface area contributed by atoms with Gasteiger partial charge < -0.3 is 38.6 Å². The highest BCUT2D eigenvalue weighted by molar-refractivity contribution is 5.96. The van der Waals surface area contributed by atoms with Gasteiger partial charge in [0.25, 0.3) is 5.91 Å². The number of methoxy groups -OCH3 is 3. The molecule has 0 aliphatic carbocycles. The number of para-hydroxylation sites is 2. The number of hydrogen-bond donors (Lipinski definition) is 1. The van der Waals surface area contributed by atoms with Gasteiger partial charge in [0.2, 0.25) is 11.7 Å². The zero-order chi connectivity index (χ0) is 33.5. The number of likely N-dealkylation sites (tertiary alicyclic amines) is 2. The molecule has 11 heteroatoms. The topological polar surface area (TPSA) is 105 Å². The van der Waals surface area contributed by atoms with Gasteiger partial charge in [0.1, 0.15) is 0 Å². The average molecular weight is 657 g/mol. The lowest BCUT2D eigenvalue weighted by Gasteiger charge is -2.39. The number of nitrogens with zero attached hydrogens (tertiary/aromatic N) is 5. The second kappa shape index (κ2) is 15.3. The Kier molecular flexibility index (Phi) is 10.7. The summed E-state index contributed by atoms with van der Waals surface area (Å²) in [7, 11) is 4.69. The lowest BCUT2D eigenvalue weighted by Crippen LogP contribution is -2.47. The zero-order valence-electron chi connectivity index (χ0n) is 28.6. The number of rotatable bonds is 14. The third-order valence-corrected chi connectivity index (χ3v) is 9.99. The van der Waals surface area contributed by atoms with Crippen LogP contribution < -0.4 is 19.1 Å². The minimum absolute atomic E-state index is 0.0504. The maximum absolute atomic E-state index is 13.9. The molecule has 6 rings (SSSR count). The Labute approximate surface area is 283 Å². The molecule has 2 aliphatic rings. The van der Waals surface area contributed by atoms with Crippen LogP contribution in [0.3, 0.4) is 0 Å². The number of aromatic amines is 1. The molecule has 2 fully saturated rings. The van der Waals surface area contributed by atoms with Crippen molar-refractivity contribution >= 4 is 22.9 Å². The molecular formula is C37H48N6O5. The summed E-state index contributed by atoms with van der Waals surface area (Å²) in [6.45, 7) is 8.42. The van der Waals surface area contributed by atoms with Gasteiger partial charge in [-0.05, 0) is 75.5 Å². The van der Waals surface area contributed by atoms with Gasteiger partial charge in [-0.1, -0.05) is 18.2 Å².